The highest BCUT2D eigenvalue weighted by molar-refractivity contribution is 6.02. The topological polar surface area (TPSA) is 210 Å². The molecule has 0 saturated heterocycles. The summed E-state index contributed by atoms with van der Waals surface area (Å²) in [7, 11) is 0. The molecular weight excluding hydrogens is 720 g/mol. The van der Waals surface area contributed by atoms with Gasteiger partial charge in [-0.25, -0.2) is 9.59 Å². The lowest BCUT2D eigenvalue weighted by molar-refractivity contribution is -0.0864. The SMILES string of the molecule is CCN(CC(O)COc1c(C)ncc(CO)c1CO)Oc1ccccc1C.O=C(O)c1cc2ccccc2c(Cc2c(O)c(C(=O)O)cc3ccccc23)c1O. The number of pyridine rings is 1. The maximum absolute atomic E-state index is 11.6. The predicted octanol–water partition coefficient (Wildman–Crippen LogP) is 6.13. The minimum atomic E-state index is -1.28. The molecule has 0 aliphatic carbocycles. The predicted molar refractivity (Wildman–Crippen MR) is 209 cm³/mol. The number of fused-ring (bicyclic) bond motifs is 2. The number of rotatable bonds is 14. The zero-order valence-electron chi connectivity index (χ0n) is 31.1. The lowest BCUT2D eigenvalue weighted by Gasteiger charge is -2.25. The van der Waals surface area contributed by atoms with E-state index in [0.717, 1.165) is 11.3 Å². The van der Waals surface area contributed by atoms with Crippen LogP contribution >= 0.6 is 0 Å². The van der Waals surface area contributed by atoms with Crippen molar-refractivity contribution in [3.63, 3.8) is 0 Å². The third-order valence-electron chi connectivity index (χ3n) is 9.31. The lowest BCUT2D eigenvalue weighted by Crippen LogP contribution is -2.38. The van der Waals surface area contributed by atoms with E-state index in [1.165, 1.54) is 18.3 Å². The molecule has 1 unspecified atom stereocenters. The van der Waals surface area contributed by atoms with Crippen LogP contribution in [0, 0.1) is 13.8 Å². The van der Waals surface area contributed by atoms with Gasteiger partial charge in [-0.1, -0.05) is 66.7 Å². The first-order valence-corrected chi connectivity index (χ1v) is 17.8. The van der Waals surface area contributed by atoms with Crippen LogP contribution in [-0.4, -0.2) is 83.5 Å². The van der Waals surface area contributed by atoms with Gasteiger partial charge in [0.15, 0.2) is 0 Å². The molecule has 5 aromatic carbocycles. The monoisotopic (exact) mass is 764 g/mol. The highest BCUT2D eigenvalue weighted by atomic mass is 16.7. The van der Waals surface area contributed by atoms with Crippen molar-refractivity contribution in [2.24, 2.45) is 0 Å². The van der Waals surface area contributed by atoms with Gasteiger partial charge < -0.3 is 45.3 Å². The summed E-state index contributed by atoms with van der Waals surface area (Å²) in [4.78, 5) is 33.2. The Bertz CT molecular complexity index is 2260. The second kappa shape index (κ2) is 18.4. The molecule has 0 amide bonds. The number of aromatic nitrogens is 1. The summed E-state index contributed by atoms with van der Waals surface area (Å²) >= 11 is 0. The van der Waals surface area contributed by atoms with Crippen molar-refractivity contribution >= 4 is 33.5 Å². The molecule has 0 aliphatic heterocycles. The van der Waals surface area contributed by atoms with Crippen LogP contribution in [0.25, 0.3) is 21.5 Å². The number of phenols is 2. The molecule has 13 nitrogen and oxygen atoms in total. The number of carbonyl (C=O) groups is 2. The van der Waals surface area contributed by atoms with E-state index in [-0.39, 0.29) is 43.9 Å². The average molecular weight is 765 g/mol. The van der Waals surface area contributed by atoms with Crippen LogP contribution < -0.4 is 9.57 Å². The molecule has 0 saturated carbocycles. The van der Waals surface area contributed by atoms with Crippen molar-refractivity contribution in [3.8, 4) is 23.0 Å². The number of carboxylic acid groups (broad SMARTS) is 2. The number of ether oxygens (including phenoxy) is 1. The van der Waals surface area contributed by atoms with Gasteiger partial charge in [-0.15, -0.1) is 5.06 Å². The van der Waals surface area contributed by atoms with E-state index in [1.807, 2.05) is 38.1 Å². The fourth-order valence-corrected chi connectivity index (χ4v) is 6.36. The molecule has 1 atom stereocenters. The minimum Gasteiger partial charge on any atom is -0.507 e. The quantitative estimate of drug-likeness (QED) is 0.0624. The number of benzene rings is 5. The van der Waals surface area contributed by atoms with Gasteiger partial charge in [0.1, 0.15) is 46.8 Å². The third-order valence-corrected chi connectivity index (χ3v) is 9.31. The van der Waals surface area contributed by atoms with E-state index < -0.39 is 29.5 Å². The summed E-state index contributed by atoms with van der Waals surface area (Å²) < 4.78 is 5.72. The first-order valence-electron chi connectivity index (χ1n) is 17.8. The standard InChI is InChI=1S/C23H16O6.C20H28N2O5/c24-20-16(14-7-3-1-5-12(14)9-18(20)22(26)27)11-17-15-8-4-2-6-13(15)10-19(21(17)25)23(28)29;1-4-22(27-19-8-6-5-7-14(19)2)10-17(25)13-26-20-15(3)21-9-16(11-23)18(20)12-24/h1-10,24-25H,11H2,(H,26,27)(H,28,29);5-9,17,23-25H,4,10-13H2,1-3H3. The fourth-order valence-electron chi connectivity index (χ4n) is 6.36. The molecule has 0 radical (unpaired) electrons. The number of para-hydroxylation sites is 1. The number of hydroxylamine groups is 2. The van der Waals surface area contributed by atoms with E-state index in [1.54, 1.807) is 60.5 Å². The van der Waals surface area contributed by atoms with Crippen molar-refractivity contribution in [1.29, 1.82) is 0 Å². The number of hydrogen-bond donors (Lipinski definition) is 7. The zero-order valence-corrected chi connectivity index (χ0v) is 31.1. The number of aliphatic hydroxyl groups is 3. The molecule has 56 heavy (non-hydrogen) atoms. The highest BCUT2D eigenvalue weighted by Gasteiger charge is 2.23. The summed E-state index contributed by atoms with van der Waals surface area (Å²) in [6, 6.07) is 24.5. The smallest absolute Gasteiger partial charge is 0.339 e. The average Bonchev–Trinajstić information content (AvgIpc) is 3.19. The molecule has 1 heterocycles. The fraction of sp³-hybridized carbons (Fsp3) is 0.233. The van der Waals surface area contributed by atoms with E-state index in [9.17, 15) is 45.3 Å². The highest BCUT2D eigenvalue weighted by Crippen LogP contribution is 2.39. The largest absolute Gasteiger partial charge is 0.507 e. The zero-order chi connectivity index (χ0) is 40.5. The molecule has 292 valence electrons. The van der Waals surface area contributed by atoms with Crippen LogP contribution in [0.5, 0.6) is 23.0 Å². The van der Waals surface area contributed by atoms with Crippen molar-refractivity contribution < 1.29 is 54.9 Å². The molecule has 0 aliphatic rings. The van der Waals surface area contributed by atoms with Gasteiger partial charge in [0.05, 0.1) is 25.5 Å². The Morgan fingerprint density at radius 2 is 1.30 bits per heavy atom. The Labute approximate surface area is 322 Å². The second-order valence-electron chi connectivity index (χ2n) is 13.0. The second-order valence-corrected chi connectivity index (χ2v) is 13.0. The Morgan fingerprint density at radius 3 is 1.80 bits per heavy atom. The Morgan fingerprint density at radius 1 is 0.768 bits per heavy atom. The number of aromatic hydroxyl groups is 2. The van der Waals surface area contributed by atoms with E-state index in [0.29, 0.717) is 61.8 Å². The molecule has 1 aromatic heterocycles. The molecule has 0 spiro atoms. The normalized spacial score (nSPS) is 11.6. The molecule has 13 heteroatoms. The van der Waals surface area contributed by atoms with Crippen molar-refractivity contribution in [3.05, 3.63) is 136 Å². The number of likely N-dealkylation sites (N-methyl/N-ethyl adjacent to an activating group) is 1. The molecule has 6 aromatic rings. The maximum Gasteiger partial charge on any atom is 0.339 e. The summed E-state index contributed by atoms with van der Waals surface area (Å²) in [5.41, 5.74) is 2.70. The number of hydrogen-bond acceptors (Lipinski definition) is 11. The first kappa shape index (κ1) is 40.9. The number of nitrogens with zero attached hydrogens (tertiary/aromatic N) is 2. The van der Waals surface area contributed by atoms with Crippen LogP contribution in [0.1, 0.15) is 61.2 Å². The van der Waals surface area contributed by atoms with Crippen LogP contribution in [-0.2, 0) is 19.6 Å². The van der Waals surface area contributed by atoms with Gasteiger partial charge in [0.25, 0.3) is 0 Å². The summed E-state index contributed by atoms with van der Waals surface area (Å²) in [6.07, 6.45) is 0.664. The van der Waals surface area contributed by atoms with Crippen molar-refractivity contribution in [2.45, 2.75) is 46.5 Å². The van der Waals surface area contributed by atoms with E-state index in [4.69, 9.17) is 9.57 Å². The number of aliphatic hydroxyl groups excluding tert-OH is 3. The van der Waals surface area contributed by atoms with Gasteiger partial charge in [-0.05, 0) is 66.1 Å². The van der Waals surface area contributed by atoms with E-state index >= 15 is 0 Å². The molecule has 0 fully saturated rings. The molecule has 7 N–H and O–H groups in total. The van der Waals surface area contributed by atoms with Gasteiger partial charge in [-0.2, -0.15) is 0 Å². The van der Waals surface area contributed by atoms with Crippen molar-refractivity contribution in [2.75, 3.05) is 19.7 Å². The van der Waals surface area contributed by atoms with Gasteiger partial charge in [0.2, 0.25) is 0 Å². The van der Waals surface area contributed by atoms with Crippen LogP contribution in [0.15, 0.2) is 91.1 Å². The van der Waals surface area contributed by atoms with Gasteiger partial charge in [0, 0.05) is 41.4 Å². The lowest BCUT2D eigenvalue weighted by atomic mass is 9.90. The third kappa shape index (κ3) is 9.16. The maximum atomic E-state index is 11.6. The first-order chi connectivity index (χ1) is 26.9. The Kier molecular flexibility index (Phi) is 13.4. The Balaban J connectivity index is 0.000000215. The number of aryl methyl sites for hydroxylation is 2. The number of aromatic carboxylic acids is 2. The van der Waals surface area contributed by atoms with Crippen LogP contribution in [0.4, 0.5) is 0 Å². The van der Waals surface area contributed by atoms with Gasteiger partial charge in [-0.3, -0.25) is 4.98 Å². The van der Waals surface area contributed by atoms with Crippen LogP contribution in [0.2, 0.25) is 0 Å². The molecule has 0 bridgehead atoms. The van der Waals surface area contributed by atoms with Crippen molar-refractivity contribution in [1.82, 2.24) is 10.0 Å². The summed E-state index contributed by atoms with van der Waals surface area (Å²) in [5, 5.41) is 73.8. The van der Waals surface area contributed by atoms with Crippen LogP contribution in [0.3, 0.4) is 0 Å². The molecule has 6 rings (SSSR count). The number of carboxylic acids is 2. The summed E-state index contributed by atoms with van der Waals surface area (Å²) in [5.74, 6) is -2.22. The Hall–Kier alpha value is -6.25. The molecular formula is C43H44N2O11. The van der Waals surface area contributed by atoms with E-state index in [2.05, 4.69) is 4.98 Å². The minimum absolute atomic E-state index is 0.0119. The van der Waals surface area contributed by atoms with Gasteiger partial charge >= 0.3 is 11.9 Å². The summed E-state index contributed by atoms with van der Waals surface area (Å²) in [6.45, 7) is 5.99.